The van der Waals surface area contributed by atoms with Gasteiger partial charge in [-0.3, -0.25) is 10.7 Å². The Morgan fingerprint density at radius 1 is 1.10 bits per heavy atom. The van der Waals surface area contributed by atoms with Crippen LogP contribution in [0.15, 0.2) is 54.6 Å². The number of para-hydroxylation sites is 2. The van der Waals surface area contributed by atoms with E-state index in [1.807, 2.05) is 49.4 Å². The fourth-order valence-electron chi connectivity index (χ4n) is 3.36. The van der Waals surface area contributed by atoms with Crippen LogP contribution in [-0.4, -0.2) is 42.6 Å². The van der Waals surface area contributed by atoms with E-state index in [4.69, 9.17) is 10.1 Å². The van der Waals surface area contributed by atoms with Gasteiger partial charge in [-0.25, -0.2) is 4.79 Å². The Balaban J connectivity index is 1.41. The highest BCUT2D eigenvalue weighted by atomic mass is 16.5. The highest BCUT2D eigenvalue weighted by molar-refractivity contribution is 5.94. The van der Waals surface area contributed by atoms with Crippen molar-refractivity contribution in [3.63, 3.8) is 0 Å². The summed E-state index contributed by atoms with van der Waals surface area (Å²) in [5.41, 5.74) is 2.05. The number of nitrogens with one attached hydrogen (secondary N) is 4. The zero-order valence-corrected chi connectivity index (χ0v) is 16.8. The summed E-state index contributed by atoms with van der Waals surface area (Å²) < 4.78 is 5.59. The van der Waals surface area contributed by atoms with Crippen molar-refractivity contribution < 1.29 is 9.53 Å². The molecule has 0 bridgehead atoms. The van der Waals surface area contributed by atoms with E-state index in [9.17, 15) is 4.79 Å². The number of amides is 2. The van der Waals surface area contributed by atoms with Gasteiger partial charge in [-0.1, -0.05) is 36.4 Å². The normalized spacial score (nSPS) is 14.2. The molecule has 0 aromatic heterocycles. The van der Waals surface area contributed by atoms with Crippen molar-refractivity contribution >= 4 is 17.7 Å². The van der Waals surface area contributed by atoms with Crippen molar-refractivity contribution in [2.24, 2.45) is 0 Å². The third-order valence-corrected chi connectivity index (χ3v) is 4.89. The fraction of sp³-hybridized carbons (Fsp3) is 0.364. The molecule has 7 heteroatoms. The van der Waals surface area contributed by atoms with Crippen molar-refractivity contribution in [3.8, 4) is 5.75 Å². The van der Waals surface area contributed by atoms with Crippen LogP contribution in [-0.2, 0) is 6.54 Å². The molecule has 4 N–H and O–H groups in total. The first kappa shape index (κ1) is 20.5. The summed E-state index contributed by atoms with van der Waals surface area (Å²) in [6.45, 7) is 4.26. The second-order valence-electron chi connectivity index (χ2n) is 6.97. The largest absolute Gasteiger partial charge is 0.494 e. The number of hydrogen-bond acceptors (Lipinski definition) is 4. The molecule has 0 saturated carbocycles. The zero-order chi connectivity index (χ0) is 20.5. The number of rotatable bonds is 6. The van der Waals surface area contributed by atoms with Gasteiger partial charge < -0.3 is 20.3 Å². The number of ether oxygens (including phenoxy) is 1. The van der Waals surface area contributed by atoms with Gasteiger partial charge >= 0.3 is 6.03 Å². The molecule has 2 aromatic carbocycles. The van der Waals surface area contributed by atoms with Crippen LogP contribution >= 0.6 is 0 Å². The minimum Gasteiger partial charge on any atom is -0.494 e. The number of anilines is 1. The van der Waals surface area contributed by atoms with Crippen molar-refractivity contribution in [2.45, 2.75) is 32.4 Å². The summed E-state index contributed by atoms with van der Waals surface area (Å²) in [6, 6.07) is 17.9. The number of hydrogen-bond donors (Lipinski definition) is 4. The van der Waals surface area contributed by atoms with Crippen molar-refractivity contribution in [3.05, 3.63) is 60.2 Å². The van der Waals surface area contributed by atoms with Gasteiger partial charge in [0.15, 0.2) is 5.96 Å². The van der Waals surface area contributed by atoms with Crippen LogP contribution in [0.1, 0.15) is 25.3 Å². The minimum absolute atomic E-state index is 0.00849. The molecule has 0 radical (unpaired) electrons. The number of carbonyl (C=O) groups is 1. The molecule has 0 atom stereocenters. The van der Waals surface area contributed by atoms with Gasteiger partial charge in [0.05, 0.1) is 6.61 Å². The van der Waals surface area contributed by atoms with E-state index in [0.29, 0.717) is 32.3 Å². The highest BCUT2D eigenvalue weighted by Gasteiger charge is 2.23. The molecule has 1 aliphatic heterocycles. The van der Waals surface area contributed by atoms with Gasteiger partial charge in [-0.2, -0.15) is 0 Å². The van der Waals surface area contributed by atoms with E-state index < -0.39 is 0 Å². The molecule has 2 amide bonds. The molecule has 1 aliphatic rings. The Hall–Kier alpha value is -3.22. The Bertz CT molecular complexity index is 804. The monoisotopic (exact) mass is 395 g/mol. The summed E-state index contributed by atoms with van der Waals surface area (Å²) in [4.78, 5) is 14.2. The smallest absolute Gasteiger partial charge is 0.324 e. The molecule has 0 aliphatic carbocycles. The summed E-state index contributed by atoms with van der Waals surface area (Å²) >= 11 is 0. The number of urea groups is 1. The Labute approximate surface area is 172 Å². The molecule has 1 heterocycles. The van der Waals surface area contributed by atoms with Crippen LogP contribution in [0.25, 0.3) is 0 Å². The summed E-state index contributed by atoms with van der Waals surface area (Å²) in [7, 11) is 0. The minimum atomic E-state index is -0.237. The highest BCUT2D eigenvalue weighted by Crippen LogP contribution is 2.18. The Kier molecular flexibility index (Phi) is 7.33. The lowest BCUT2D eigenvalue weighted by molar-refractivity contribution is 0.188. The topological polar surface area (TPSA) is 89.5 Å². The molecule has 0 spiro atoms. The standard InChI is InChI=1S/C22H29N5O2/c1-2-29-20-11-7-6-8-17(20)16-24-21(23)26-22(28)27-14-12-19(13-15-27)25-18-9-4-3-5-10-18/h3-11,19,25H,2,12-16H2,1H3,(H3,23,24,26,28). The quantitative estimate of drug-likeness (QED) is 0.446. The zero-order valence-electron chi connectivity index (χ0n) is 16.8. The molecular weight excluding hydrogens is 366 g/mol. The van der Waals surface area contributed by atoms with E-state index in [1.165, 1.54) is 0 Å². The van der Waals surface area contributed by atoms with Crippen LogP contribution in [0.4, 0.5) is 10.5 Å². The van der Waals surface area contributed by atoms with Crippen molar-refractivity contribution in [1.29, 1.82) is 5.41 Å². The van der Waals surface area contributed by atoms with Crippen molar-refractivity contribution in [1.82, 2.24) is 15.5 Å². The second-order valence-corrected chi connectivity index (χ2v) is 6.97. The lowest BCUT2D eigenvalue weighted by atomic mass is 10.0. The lowest BCUT2D eigenvalue weighted by Gasteiger charge is -2.33. The number of likely N-dealkylation sites (tertiary alicyclic amines) is 1. The average Bonchev–Trinajstić information content (AvgIpc) is 2.74. The van der Waals surface area contributed by atoms with E-state index in [2.05, 4.69) is 28.1 Å². The third-order valence-electron chi connectivity index (χ3n) is 4.89. The maximum absolute atomic E-state index is 12.4. The van der Waals surface area contributed by atoms with Crippen LogP contribution in [0.5, 0.6) is 5.75 Å². The third kappa shape index (κ3) is 6.14. The number of nitrogens with zero attached hydrogens (tertiary/aromatic N) is 1. The van der Waals surface area contributed by atoms with Crippen LogP contribution in [0.2, 0.25) is 0 Å². The predicted molar refractivity (Wildman–Crippen MR) is 115 cm³/mol. The number of guanidine groups is 1. The predicted octanol–water partition coefficient (Wildman–Crippen LogP) is 3.40. The lowest BCUT2D eigenvalue weighted by Crippen LogP contribution is -2.50. The Morgan fingerprint density at radius 2 is 1.79 bits per heavy atom. The van der Waals surface area contributed by atoms with Gasteiger partial charge in [-0.15, -0.1) is 0 Å². The maximum Gasteiger partial charge on any atom is 0.324 e. The molecular formula is C22H29N5O2. The van der Waals surface area contributed by atoms with E-state index in [1.54, 1.807) is 4.90 Å². The average molecular weight is 396 g/mol. The van der Waals surface area contributed by atoms with Gasteiger partial charge in [0.25, 0.3) is 0 Å². The Morgan fingerprint density at radius 3 is 2.52 bits per heavy atom. The number of benzene rings is 2. The maximum atomic E-state index is 12.4. The summed E-state index contributed by atoms with van der Waals surface area (Å²) in [5, 5.41) is 17.1. The SMILES string of the molecule is CCOc1ccccc1CNC(=N)NC(=O)N1CCC(Nc2ccccc2)CC1. The van der Waals surface area contributed by atoms with Crippen molar-refractivity contribution in [2.75, 3.05) is 25.0 Å². The first-order valence-corrected chi connectivity index (χ1v) is 10.1. The molecule has 154 valence electrons. The summed E-state index contributed by atoms with van der Waals surface area (Å²) in [6.07, 6.45) is 1.76. The second kappa shape index (κ2) is 10.4. The van der Waals surface area contributed by atoms with Gasteiger partial charge in [0.2, 0.25) is 0 Å². The number of piperidine rings is 1. The molecule has 3 rings (SSSR count). The van der Waals surface area contributed by atoms with E-state index in [-0.39, 0.29) is 12.0 Å². The van der Waals surface area contributed by atoms with Crippen LogP contribution in [0.3, 0.4) is 0 Å². The van der Waals surface area contributed by atoms with Gasteiger partial charge in [0.1, 0.15) is 5.75 Å². The van der Waals surface area contributed by atoms with Crippen LogP contribution < -0.4 is 20.7 Å². The first-order valence-electron chi connectivity index (χ1n) is 10.1. The summed E-state index contributed by atoms with van der Waals surface area (Å²) in [5.74, 6) is 0.778. The van der Waals surface area contributed by atoms with E-state index in [0.717, 1.165) is 29.8 Å². The molecule has 0 unspecified atom stereocenters. The molecule has 29 heavy (non-hydrogen) atoms. The molecule has 2 aromatic rings. The van der Waals surface area contributed by atoms with Gasteiger partial charge in [0, 0.05) is 36.9 Å². The number of carbonyl (C=O) groups excluding carboxylic acids is 1. The molecule has 7 nitrogen and oxygen atoms in total. The fourth-order valence-corrected chi connectivity index (χ4v) is 3.36. The molecule has 1 saturated heterocycles. The van der Waals surface area contributed by atoms with Crippen LogP contribution in [0, 0.1) is 5.41 Å². The van der Waals surface area contributed by atoms with E-state index >= 15 is 0 Å². The first-order chi connectivity index (χ1) is 14.2. The molecule has 1 fully saturated rings. The van der Waals surface area contributed by atoms with Gasteiger partial charge in [-0.05, 0) is 38.0 Å².